The van der Waals surface area contributed by atoms with E-state index in [1.54, 1.807) is 18.3 Å². The van der Waals surface area contributed by atoms with E-state index < -0.39 is 28.0 Å². The van der Waals surface area contributed by atoms with Crippen molar-refractivity contribution in [2.45, 2.75) is 49.9 Å². The summed E-state index contributed by atoms with van der Waals surface area (Å²) < 4.78 is 47.2. The van der Waals surface area contributed by atoms with Gasteiger partial charge in [0.2, 0.25) is 15.9 Å². The minimum Gasteiger partial charge on any atom is -0.477 e. The Bertz CT molecular complexity index is 1450. The number of carbonyl (C=O) groups is 1. The smallest absolute Gasteiger partial charge is 0.277 e. The lowest BCUT2D eigenvalue weighted by Gasteiger charge is -2.21. The van der Waals surface area contributed by atoms with E-state index in [0.717, 1.165) is 11.3 Å². The summed E-state index contributed by atoms with van der Waals surface area (Å²) in [7, 11) is -3.48. The second-order valence-electron chi connectivity index (χ2n) is 9.62. The van der Waals surface area contributed by atoms with Crippen LogP contribution in [0.4, 0.5) is 10.1 Å². The number of likely N-dealkylation sites (tertiary alicyclic amines) is 1. The molecule has 1 saturated heterocycles. The average Bonchev–Trinajstić information content (AvgIpc) is 3.56. The first-order valence-electron chi connectivity index (χ1n) is 12.8. The number of hydrogen-bond acceptors (Lipinski definition) is 10. The van der Waals surface area contributed by atoms with E-state index in [1.165, 1.54) is 12.4 Å². The molecular formula is C25H30FN7O4S2. The Kier molecular flexibility index (Phi) is 8.05. The number of carbonyl (C=O) groups excluding carboxylic acids is 1. The largest absolute Gasteiger partial charge is 0.477 e. The van der Waals surface area contributed by atoms with Crippen molar-refractivity contribution in [1.29, 1.82) is 0 Å². The first kappa shape index (κ1) is 27.3. The summed E-state index contributed by atoms with van der Waals surface area (Å²) in [5, 5.41) is -0.280. The van der Waals surface area contributed by atoms with Gasteiger partial charge in [0.25, 0.3) is 5.91 Å². The number of alkyl halides is 1. The van der Waals surface area contributed by atoms with Crippen molar-refractivity contribution in [1.82, 2.24) is 24.8 Å². The van der Waals surface area contributed by atoms with Crippen molar-refractivity contribution >= 4 is 33.0 Å². The van der Waals surface area contributed by atoms with Crippen LogP contribution in [0.25, 0.3) is 10.6 Å². The van der Waals surface area contributed by atoms with E-state index in [2.05, 4.69) is 24.7 Å². The van der Waals surface area contributed by atoms with Crippen molar-refractivity contribution < 1.29 is 22.3 Å². The average molecular weight is 576 g/mol. The van der Waals surface area contributed by atoms with Crippen LogP contribution in [0.5, 0.6) is 5.88 Å². The highest BCUT2D eigenvalue weighted by Gasteiger charge is 2.36. The van der Waals surface area contributed by atoms with E-state index in [9.17, 15) is 17.6 Å². The summed E-state index contributed by atoms with van der Waals surface area (Å²) >= 11 is 1.10. The van der Waals surface area contributed by atoms with Crippen molar-refractivity contribution in [3.05, 3.63) is 47.1 Å². The van der Waals surface area contributed by atoms with Gasteiger partial charge < -0.3 is 15.4 Å². The summed E-state index contributed by atoms with van der Waals surface area (Å²) in [5.41, 5.74) is 7.54. The minimum absolute atomic E-state index is 0.101. The molecule has 3 N–H and O–H groups in total. The monoisotopic (exact) mass is 575 g/mol. The minimum atomic E-state index is -3.48. The van der Waals surface area contributed by atoms with E-state index in [-0.39, 0.29) is 10.3 Å². The molecule has 2 atom stereocenters. The molecule has 1 amide bonds. The number of thiazole rings is 1. The third-order valence-corrected chi connectivity index (χ3v) is 9.62. The first-order chi connectivity index (χ1) is 18.7. The zero-order chi connectivity index (χ0) is 27.6. The van der Waals surface area contributed by atoms with Gasteiger partial charge >= 0.3 is 0 Å². The number of primary amides is 1. The van der Waals surface area contributed by atoms with Gasteiger partial charge in [-0.3, -0.25) is 19.5 Å². The first-order valence-corrected chi connectivity index (χ1v) is 15.2. The van der Waals surface area contributed by atoms with Crippen LogP contribution >= 0.6 is 11.3 Å². The summed E-state index contributed by atoms with van der Waals surface area (Å²) in [6, 6.07) is 3.28. The predicted octanol–water partition coefficient (Wildman–Crippen LogP) is 2.96. The van der Waals surface area contributed by atoms with Gasteiger partial charge in [0.05, 0.1) is 46.2 Å². The van der Waals surface area contributed by atoms with Crippen molar-refractivity contribution in [2.75, 3.05) is 31.0 Å². The summed E-state index contributed by atoms with van der Waals surface area (Å²) in [4.78, 5) is 32.7. The molecule has 3 aromatic heterocycles. The molecule has 0 aromatic carbocycles. The maximum Gasteiger partial charge on any atom is 0.277 e. The molecule has 0 unspecified atom stereocenters. The third kappa shape index (κ3) is 6.50. The van der Waals surface area contributed by atoms with Gasteiger partial charge in [0, 0.05) is 25.2 Å². The molecule has 1 aliphatic heterocycles. The highest BCUT2D eigenvalue weighted by atomic mass is 32.2. The fraction of sp³-hybridized carbons (Fsp3) is 0.480. The Hall–Kier alpha value is -3.23. The molecule has 11 nitrogen and oxygen atoms in total. The van der Waals surface area contributed by atoms with Gasteiger partial charge in [0.15, 0.2) is 5.01 Å². The van der Waals surface area contributed by atoms with Gasteiger partial charge in [-0.25, -0.2) is 22.8 Å². The number of sulfonamides is 1. The Morgan fingerprint density at radius 1 is 1.31 bits per heavy atom. The van der Waals surface area contributed by atoms with Crippen LogP contribution in [0.1, 0.15) is 59.7 Å². The number of halogens is 1. The van der Waals surface area contributed by atoms with E-state index >= 15 is 0 Å². The summed E-state index contributed by atoms with van der Waals surface area (Å²) in [6.45, 7) is 3.78. The van der Waals surface area contributed by atoms with Gasteiger partial charge in [-0.2, -0.15) is 0 Å². The topological polar surface area (TPSA) is 153 Å². The molecule has 2 aliphatic rings. The fourth-order valence-corrected chi connectivity index (χ4v) is 6.90. The molecule has 0 bridgehead atoms. The number of pyridine rings is 1. The number of anilines is 1. The maximum absolute atomic E-state index is 13.9. The maximum atomic E-state index is 13.9. The number of nitrogens with zero attached hydrogens (tertiary/aromatic N) is 5. The van der Waals surface area contributed by atoms with Gasteiger partial charge in [0.1, 0.15) is 11.9 Å². The van der Waals surface area contributed by atoms with Crippen LogP contribution in [0.15, 0.2) is 30.7 Å². The molecule has 1 aliphatic carbocycles. The molecule has 208 valence electrons. The molecular weight excluding hydrogens is 545 g/mol. The van der Waals surface area contributed by atoms with Gasteiger partial charge in [-0.15, -0.1) is 11.3 Å². The third-order valence-electron chi connectivity index (χ3n) is 6.64. The molecule has 4 heterocycles. The Labute approximate surface area is 230 Å². The van der Waals surface area contributed by atoms with E-state index in [0.29, 0.717) is 85.5 Å². The van der Waals surface area contributed by atoms with E-state index in [1.807, 2.05) is 11.8 Å². The molecule has 5 rings (SSSR count). The summed E-state index contributed by atoms with van der Waals surface area (Å²) in [5.74, 6) is -0.822. The quantitative estimate of drug-likeness (QED) is 0.332. The second-order valence-corrected chi connectivity index (χ2v) is 12.6. The van der Waals surface area contributed by atoms with Crippen LogP contribution in [0.2, 0.25) is 0 Å². The Morgan fingerprint density at radius 2 is 2.13 bits per heavy atom. The molecule has 39 heavy (non-hydrogen) atoms. The number of hydrogen-bond donors (Lipinski definition) is 2. The number of aromatic nitrogens is 4. The standard InChI is InChI=1S/C25H30FN7O4S2/c1-2-37-21-13-28-12-20(30-21)23-22(31-25(38-23)24(27)34)18(7-10-33-9-6-15(26)14-33)19-11-16(5-8-29-19)32-39(35,36)17-3-4-17/h5,8,11-13,15,17-18H,2-4,6-7,9-10,14H2,1H3,(H2,27,34)(H,29,32)/t15-,18-/m1/s1. The lowest BCUT2D eigenvalue weighted by Crippen LogP contribution is -2.24. The number of ether oxygens (including phenoxy) is 1. The lowest BCUT2D eigenvalue weighted by molar-refractivity contribution is 0.0999. The highest BCUT2D eigenvalue weighted by Crippen LogP contribution is 2.39. The molecule has 3 aromatic rings. The number of rotatable bonds is 12. The fourth-order valence-electron chi connectivity index (χ4n) is 4.59. The molecule has 2 fully saturated rings. The van der Waals surface area contributed by atoms with Crippen LogP contribution in [0.3, 0.4) is 0 Å². The van der Waals surface area contributed by atoms with Gasteiger partial charge in [-0.05, 0) is 51.3 Å². The van der Waals surface area contributed by atoms with Crippen molar-refractivity contribution in [2.24, 2.45) is 5.73 Å². The van der Waals surface area contributed by atoms with Crippen LogP contribution < -0.4 is 15.2 Å². The molecule has 1 saturated carbocycles. The normalized spacial score (nSPS) is 18.7. The van der Waals surface area contributed by atoms with Gasteiger partial charge in [-0.1, -0.05) is 0 Å². The molecule has 0 spiro atoms. The molecule has 0 radical (unpaired) electrons. The Morgan fingerprint density at radius 3 is 2.82 bits per heavy atom. The molecule has 14 heteroatoms. The number of amides is 1. The zero-order valence-corrected chi connectivity index (χ0v) is 23.0. The van der Waals surface area contributed by atoms with Crippen molar-refractivity contribution in [3.63, 3.8) is 0 Å². The highest BCUT2D eigenvalue weighted by molar-refractivity contribution is 7.93. The zero-order valence-electron chi connectivity index (χ0n) is 21.4. The SMILES string of the molecule is CCOc1cncc(-c2sc(C(N)=O)nc2[C@H](CCN2CC[C@@H](F)C2)c2cc(NS(=O)(=O)C3CC3)ccn2)n1. The summed E-state index contributed by atoms with van der Waals surface area (Å²) in [6.07, 6.45) is 5.98. The van der Waals surface area contributed by atoms with Crippen LogP contribution in [0, 0.1) is 0 Å². The number of nitrogens with two attached hydrogens (primary N) is 1. The predicted molar refractivity (Wildman–Crippen MR) is 145 cm³/mol. The lowest BCUT2D eigenvalue weighted by atomic mass is 9.94. The number of nitrogens with one attached hydrogen (secondary N) is 1. The van der Waals surface area contributed by atoms with Crippen molar-refractivity contribution in [3.8, 4) is 16.5 Å². The van der Waals surface area contributed by atoms with Crippen LogP contribution in [-0.2, 0) is 10.0 Å². The second kappa shape index (κ2) is 11.5. The van der Waals surface area contributed by atoms with E-state index in [4.69, 9.17) is 10.5 Å². The Balaban J connectivity index is 1.55. The van der Waals surface area contributed by atoms with Crippen LogP contribution in [-0.4, -0.2) is 76.8 Å².